The monoisotopic (exact) mass is 567 g/mol. The molecule has 2 fully saturated rings. The van der Waals surface area contributed by atoms with Crippen LogP contribution in [0.15, 0.2) is 55.1 Å². The van der Waals surface area contributed by atoms with Gasteiger partial charge < -0.3 is 19.5 Å². The average molecular weight is 568 g/mol. The number of anilines is 2. The molecule has 1 unspecified atom stereocenters. The van der Waals surface area contributed by atoms with E-state index >= 15 is 0 Å². The van der Waals surface area contributed by atoms with Crippen molar-refractivity contribution in [1.29, 1.82) is 5.26 Å². The molecule has 1 atom stereocenters. The number of nitrogens with one attached hydrogen (secondary N) is 1. The summed E-state index contributed by atoms with van der Waals surface area (Å²) in [6.45, 7) is 6.27. The number of methoxy groups -OCH3 is 1. The number of benzene rings is 2. The summed E-state index contributed by atoms with van der Waals surface area (Å²) in [5.41, 5.74) is 4.20. The molecule has 12 nitrogen and oxygen atoms in total. The summed E-state index contributed by atoms with van der Waals surface area (Å²) in [4.78, 5) is 11.7. The van der Waals surface area contributed by atoms with E-state index in [1.54, 1.807) is 30.3 Å². The third-order valence-corrected chi connectivity index (χ3v) is 7.86. The number of nitrogens with zero attached hydrogens (tertiary/aromatic N) is 8. The van der Waals surface area contributed by atoms with E-state index in [4.69, 9.17) is 14.2 Å². The topological polar surface area (TPSA) is 136 Å². The van der Waals surface area contributed by atoms with Gasteiger partial charge in [0.1, 0.15) is 30.0 Å². The molecule has 2 aliphatic heterocycles. The van der Waals surface area contributed by atoms with Crippen molar-refractivity contribution in [2.24, 2.45) is 0 Å². The average Bonchev–Trinajstić information content (AvgIpc) is 3.50. The first kappa shape index (κ1) is 27.6. The van der Waals surface area contributed by atoms with Crippen LogP contribution < -0.4 is 14.8 Å². The normalized spacial score (nSPS) is 16.8. The van der Waals surface area contributed by atoms with E-state index in [-0.39, 0.29) is 6.10 Å². The van der Waals surface area contributed by atoms with Crippen molar-refractivity contribution in [3.63, 3.8) is 0 Å². The minimum Gasteiger partial charge on any atom is -0.495 e. The molecule has 1 N–H and O–H groups in total. The van der Waals surface area contributed by atoms with Gasteiger partial charge in [0, 0.05) is 18.0 Å². The molecule has 2 aliphatic rings. The lowest BCUT2D eigenvalue weighted by atomic mass is 9.88. The van der Waals surface area contributed by atoms with Crippen molar-refractivity contribution in [1.82, 2.24) is 35.1 Å². The van der Waals surface area contributed by atoms with Gasteiger partial charge in [0.2, 0.25) is 5.95 Å². The lowest BCUT2D eigenvalue weighted by Gasteiger charge is -2.41. The van der Waals surface area contributed by atoms with E-state index in [0.29, 0.717) is 35.8 Å². The molecular weight excluding hydrogens is 534 g/mol. The summed E-state index contributed by atoms with van der Waals surface area (Å²) < 4.78 is 18.7. The number of hydrogen-bond acceptors (Lipinski definition) is 11. The minimum absolute atomic E-state index is 0.255. The smallest absolute Gasteiger partial charge is 0.227 e. The molecule has 2 aromatic carbocycles. The Kier molecular flexibility index (Phi) is 8.21. The molecular formula is C30H33N9O3. The summed E-state index contributed by atoms with van der Waals surface area (Å²) in [5.74, 6) is 2.18. The molecule has 0 amide bonds. The summed E-state index contributed by atoms with van der Waals surface area (Å²) in [5, 5.41) is 24.1. The molecule has 2 aromatic heterocycles. The van der Waals surface area contributed by atoms with Gasteiger partial charge in [0.15, 0.2) is 0 Å². The third kappa shape index (κ3) is 6.17. The second-order valence-corrected chi connectivity index (χ2v) is 10.7. The standard InChI is InChI=1S/C30H33N9O3/c1-20(16-39-19-34-36-37-39)42-29-12-23(3-4-24(29)13-31)25-14-32-30(33-15-25)35-27-11-22(5-6-28(27)40-2)21-7-9-38(10-8-21)26-17-41-18-26/h3-6,11-12,14-15,19-21,26H,7-10,16-18H2,1-2H3,(H,32,33,35). The third-order valence-electron chi connectivity index (χ3n) is 7.86. The van der Waals surface area contributed by atoms with Gasteiger partial charge in [-0.1, -0.05) is 12.1 Å². The number of tetrazole rings is 1. The van der Waals surface area contributed by atoms with Crippen molar-refractivity contribution in [2.75, 3.05) is 38.7 Å². The molecule has 2 saturated heterocycles. The van der Waals surface area contributed by atoms with E-state index < -0.39 is 0 Å². The van der Waals surface area contributed by atoms with Gasteiger partial charge in [-0.25, -0.2) is 14.6 Å². The molecule has 0 aliphatic carbocycles. The number of rotatable bonds is 10. The fourth-order valence-electron chi connectivity index (χ4n) is 5.44. The van der Waals surface area contributed by atoms with Crippen LogP contribution in [0, 0.1) is 11.3 Å². The fraction of sp³-hybridized carbons (Fsp3) is 0.400. The van der Waals surface area contributed by atoms with Crippen molar-refractivity contribution in [3.05, 3.63) is 66.2 Å². The van der Waals surface area contributed by atoms with Crippen LogP contribution in [0.3, 0.4) is 0 Å². The minimum atomic E-state index is -0.255. The van der Waals surface area contributed by atoms with E-state index in [0.717, 1.165) is 61.7 Å². The van der Waals surface area contributed by atoms with Crippen LogP contribution in [0.5, 0.6) is 11.5 Å². The van der Waals surface area contributed by atoms with Crippen LogP contribution >= 0.6 is 0 Å². The molecule has 6 rings (SSSR count). The maximum absolute atomic E-state index is 9.60. The Hall–Kier alpha value is -4.60. The van der Waals surface area contributed by atoms with Crippen LogP contribution in [-0.2, 0) is 11.3 Å². The van der Waals surface area contributed by atoms with E-state index in [2.05, 4.69) is 53.9 Å². The highest BCUT2D eigenvalue weighted by Crippen LogP contribution is 2.36. The Bertz CT molecular complexity index is 1530. The Balaban J connectivity index is 1.14. The Morgan fingerprint density at radius 2 is 1.88 bits per heavy atom. The Morgan fingerprint density at radius 1 is 1.07 bits per heavy atom. The van der Waals surface area contributed by atoms with Gasteiger partial charge in [-0.3, -0.25) is 4.90 Å². The largest absolute Gasteiger partial charge is 0.495 e. The van der Waals surface area contributed by atoms with Crippen molar-refractivity contribution < 1.29 is 14.2 Å². The number of piperidine rings is 1. The first-order valence-electron chi connectivity index (χ1n) is 14.1. The zero-order valence-corrected chi connectivity index (χ0v) is 23.7. The maximum atomic E-state index is 9.60. The van der Waals surface area contributed by atoms with Gasteiger partial charge in [0.25, 0.3) is 0 Å². The predicted octanol–water partition coefficient (Wildman–Crippen LogP) is 3.80. The van der Waals surface area contributed by atoms with Crippen LogP contribution in [0.2, 0.25) is 0 Å². The molecule has 0 spiro atoms. The van der Waals surface area contributed by atoms with Gasteiger partial charge in [-0.2, -0.15) is 5.26 Å². The van der Waals surface area contributed by atoms with E-state index in [1.807, 2.05) is 25.1 Å². The van der Waals surface area contributed by atoms with Crippen LogP contribution in [0.25, 0.3) is 11.1 Å². The second-order valence-electron chi connectivity index (χ2n) is 10.7. The van der Waals surface area contributed by atoms with Crippen molar-refractivity contribution >= 4 is 11.6 Å². The van der Waals surface area contributed by atoms with Crippen LogP contribution in [0.1, 0.15) is 36.8 Å². The highest BCUT2D eigenvalue weighted by molar-refractivity contribution is 5.68. The molecule has 0 saturated carbocycles. The molecule has 4 heterocycles. The maximum Gasteiger partial charge on any atom is 0.227 e. The highest BCUT2D eigenvalue weighted by Gasteiger charge is 2.30. The predicted molar refractivity (Wildman–Crippen MR) is 155 cm³/mol. The van der Waals surface area contributed by atoms with E-state index in [1.165, 1.54) is 11.9 Å². The van der Waals surface area contributed by atoms with Gasteiger partial charge in [0.05, 0.1) is 44.2 Å². The Morgan fingerprint density at radius 3 is 2.55 bits per heavy atom. The Labute approximate surface area is 244 Å². The van der Waals surface area contributed by atoms with Gasteiger partial charge in [-0.15, -0.1) is 5.10 Å². The number of likely N-dealkylation sites (tertiary alicyclic amines) is 1. The highest BCUT2D eigenvalue weighted by atomic mass is 16.5. The van der Waals surface area contributed by atoms with Crippen molar-refractivity contribution in [3.8, 4) is 28.7 Å². The molecule has 12 heteroatoms. The fourth-order valence-corrected chi connectivity index (χ4v) is 5.44. The first-order chi connectivity index (χ1) is 20.6. The molecule has 216 valence electrons. The van der Waals surface area contributed by atoms with Crippen molar-refractivity contribution in [2.45, 2.75) is 44.4 Å². The van der Waals surface area contributed by atoms with Gasteiger partial charge in [-0.05, 0) is 84.6 Å². The molecule has 4 aromatic rings. The van der Waals surface area contributed by atoms with Crippen LogP contribution in [-0.4, -0.2) is 80.6 Å². The molecule has 0 bridgehead atoms. The zero-order chi connectivity index (χ0) is 28.9. The quantitative estimate of drug-likeness (QED) is 0.300. The lowest BCUT2D eigenvalue weighted by Crippen LogP contribution is -2.51. The van der Waals surface area contributed by atoms with Crippen LogP contribution in [0.4, 0.5) is 11.6 Å². The number of hydrogen-bond donors (Lipinski definition) is 1. The zero-order valence-electron chi connectivity index (χ0n) is 23.7. The number of ether oxygens (including phenoxy) is 3. The molecule has 42 heavy (non-hydrogen) atoms. The second kappa shape index (κ2) is 12.5. The van der Waals surface area contributed by atoms with E-state index in [9.17, 15) is 5.26 Å². The van der Waals surface area contributed by atoms with Gasteiger partial charge >= 0.3 is 0 Å². The number of nitriles is 1. The summed E-state index contributed by atoms with van der Waals surface area (Å²) >= 11 is 0. The summed E-state index contributed by atoms with van der Waals surface area (Å²) in [6.07, 6.45) is 7.02. The SMILES string of the molecule is COc1ccc(C2CCN(C3COC3)CC2)cc1Nc1ncc(-c2ccc(C#N)c(OC(C)Cn3cnnn3)c2)cn1. The summed E-state index contributed by atoms with van der Waals surface area (Å²) in [6, 6.07) is 14.5. The first-order valence-corrected chi connectivity index (χ1v) is 14.1. The summed E-state index contributed by atoms with van der Waals surface area (Å²) in [7, 11) is 1.66. The lowest BCUT2D eigenvalue weighted by molar-refractivity contribution is -0.0712. The number of aromatic nitrogens is 6. The molecule has 0 radical (unpaired) electrons.